The van der Waals surface area contributed by atoms with Crippen LogP contribution in [0.25, 0.3) is 0 Å². The fourth-order valence-corrected chi connectivity index (χ4v) is 3.59. The minimum absolute atomic E-state index is 0.0520. The Morgan fingerprint density at radius 2 is 2.12 bits per heavy atom. The topological polar surface area (TPSA) is 72.9 Å². The summed E-state index contributed by atoms with van der Waals surface area (Å²) in [4.78, 5) is 28.4. The van der Waals surface area contributed by atoms with Gasteiger partial charge in [0.2, 0.25) is 5.91 Å². The van der Waals surface area contributed by atoms with Crippen molar-refractivity contribution in [1.29, 1.82) is 0 Å². The molecule has 3 amide bonds. The van der Waals surface area contributed by atoms with Crippen LogP contribution in [0.5, 0.6) is 0 Å². The molecule has 0 aliphatic carbocycles. The van der Waals surface area contributed by atoms with Crippen LogP contribution in [0, 0.1) is 11.3 Å². The first-order valence-corrected chi connectivity index (χ1v) is 8.37. The molecule has 3 rings (SSSR count). The molecule has 1 aromatic carbocycles. The zero-order valence-electron chi connectivity index (χ0n) is 14.5. The van der Waals surface area contributed by atoms with Gasteiger partial charge in [-0.1, -0.05) is 32.0 Å². The Morgan fingerprint density at radius 1 is 1.42 bits per heavy atom. The largest absolute Gasteiger partial charge is 0.396 e. The molecule has 0 spiro atoms. The van der Waals surface area contributed by atoms with Crippen molar-refractivity contribution in [3.8, 4) is 0 Å². The Hall–Kier alpha value is -2.08. The van der Waals surface area contributed by atoms with Crippen LogP contribution in [-0.4, -0.2) is 54.7 Å². The van der Waals surface area contributed by atoms with Crippen LogP contribution >= 0.6 is 0 Å². The summed E-state index contributed by atoms with van der Waals surface area (Å²) >= 11 is 0. The number of urea groups is 1. The highest BCUT2D eigenvalue weighted by atomic mass is 16.3. The van der Waals surface area contributed by atoms with Gasteiger partial charge in [-0.3, -0.25) is 4.79 Å². The molecule has 24 heavy (non-hydrogen) atoms. The number of para-hydroxylation sites is 1. The molecule has 0 radical (unpaired) electrons. The quantitative estimate of drug-likeness (QED) is 0.856. The first kappa shape index (κ1) is 16.8. The number of aliphatic hydroxyl groups excluding tert-OH is 1. The second-order valence-corrected chi connectivity index (χ2v) is 7.33. The van der Waals surface area contributed by atoms with Gasteiger partial charge in [0.25, 0.3) is 0 Å². The van der Waals surface area contributed by atoms with Crippen molar-refractivity contribution in [3.05, 3.63) is 29.8 Å². The molecule has 6 nitrogen and oxygen atoms in total. The van der Waals surface area contributed by atoms with E-state index in [1.807, 2.05) is 38.1 Å². The highest BCUT2D eigenvalue weighted by Gasteiger charge is 2.42. The monoisotopic (exact) mass is 331 g/mol. The van der Waals surface area contributed by atoms with E-state index in [-0.39, 0.29) is 29.9 Å². The van der Waals surface area contributed by atoms with Crippen molar-refractivity contribution >= 4 is 17.6 Å². The third kappa shape index (κ3) is 2.75. The van der Waals surface area contributed by atoms with Crippen LogP contribution in [0.4, 0.5) is 10.5 Å². The van der Waals surface area contributed by atoms with Crippen LogP contribution in [0.2, 0.25) is 0 Å². The number of aliphatic hydroxyl groups is 1. The predicted molar refractivity (Wildman–Crippen MR) is 91.8 cm³/mol. The number of nitrogens with zero attached hydrogens (tertiary/aromatic N) is 2. The Morgan fingerprint density at radius 3 is 2.79 bits per heavy atom. The Labute approximate surface area is 142 Å². The maximum Gasteiger partial charge on any atom is 0.318 e. The molecule has 2 N–H and O–H groups in total. The highest BCUT2D eigenvalue weighted by Crippen LogP contribution is 2.35. The summed E-state index contributed by atoms with van der Waals surface area (Å²) in [6.45, 7) is 5.18. The number of likely N-dealkylation sites (N-methyl/N-ethyl adjacent to an activating group) is 1. The average Bonchev–Trinajstić information content (AvgIpc) is 2.88. The van der Waals surface area contributed by atoms with Gasteiger partial charge >= 0.3 is 6.03 Å². The van der Waals surface area contributed by atoms with Gasteiger partial charge in [0.15, 0.2) is 0 Å². The fourth-order valence-electron chi connectivity index (χ4n) is 3.59. The van der Waals surface area contributed by atoms with Gasteiger partial charge in [-0.2, -0.15) is 0 Å². The molecule has 2 aliphatic heterocycles. The van der Waals surface area contributed by atoms with Crippen molar-refractivity contribution in [3.63, 3.8) is 0 Å². The first-order valence-electron chi connectivity index (χ1n) is 8.37. The maximum atomic E-state index is 12.6. The molecule has 3 unspecified atom stereocenters. The summed E-state index contributed by atoms with van der Waals surface area (Å²) in [7, 11) is 1.74. The summed E-state index contributed by atoms with van der Waals surface area (Å²) in [5, 5.41) is 12.5. The van der Waals surface area contributed by atoms with Crippen LogP contribution in [0.1, 0.15) is 19.4 Å². The molecular weight excluding hydrogens is 306 g/mol. The minimum Gasteiger partial charge on any atom is -0.396 e. The zero-order chi connectivity index (χ0) is 17.5. The van der Waals surface area contributed by atoms with Crippen molar-refractivity contribution in [1.82, 2.24) is 10.2 Å². The molecule has 1 fully saturated rings. The summed E-state index contributed by atoms with van der Waals surface area (Å²) in [6.07, 6.45) is 0.506. The lowest BCUT2D eigenvalue weighted by Crippen LogP contribution is -2.54. The summed E-state index contributed by atoms with van der Waals surface area (Å²) < 4.78 is 0. The maximum absolute atomic E-state index is 12.6. The van der Waals surface area contributed by atoms with Crippen molar-refractivity contribution < 1.29 is 14.7 Å². The number of hydrogen-bond donors (Lipinski definition) is 2. The lowest BCUT2D eigenvalue weighted by atomic mass is 9.82. The zero-order valence-corrected chi connectivity index (χ0v) is 14.5. The van der Waals surface area contributed by atoms with Crippen molar-refractivity contribution in [2.45, 2.75) is 26.3 Å². The standard InChI is InChI=1S/C18H25N3O3/c1-12-9-21(10-18(12,2)11-22)17(24)19-14-8-13-6-4-5-7-15(13)20(3)16(14)23/h4-7,12,14,22H,8-11H2,1-3H3,(H,19,24). The first-order chi connectivity index (χ1) is 11.4. The number of carbonyl (C=O) groups is 2. The van der Waals surface area contributed by atoms with Gasteiger partial charge in [0.05, 0.1) is 6.61 Å². The Bertz CT molecular complexity index is 663. The van der Waals surface area contributed by atoms with Gasteiger partial charge in [0.1, 0.15) is 6.04 Å². The van der Waals surface area contributed by atoms with E-state index in [2.05, 4.69) is 5.32 Å². The van der Waals surface area contributed by atoms with E-state index in [0.717, 1.165) is 11.3 Å². The van der Waals surface area contributed by atoms with Gasteiger partial charge in [-0.05, 0) is 17.5 Å². The van der Waals surface area contributed by atoms with Crippen molar-refractivity contribution in [2.24, 2.45) is 11.3 Å². The Balaban J connectivity index is 1.71. The molecular formula is C18H25N3O3. The van der Waals surface area contributed by atoms with Crippen LogP contribution < -0.4 is 10.2 Å². The third-order valence-corrected chi connectivity index (χ3v) is 5.59. The molecule has 6 heteroatoms. The molecule has 130 valence electrons. The number of rotatable bonds is 2. The van der Waals surface area contributed by atoms with Gasteiger partial charge in [-0.15, -0.1) is 0 Å². The molecule has 3 atom stereocenters. The molecule has 2 aliphatic rings. The number of likely N-dealkylation sites (tertiary alicyclic amines) is 1. The lowest BCUT2D eigenvalue weighted by molar-refractivity contribution is -0.120. The second kappa shape index (κ2) is 6.09. The number of fused-ring (bicyclic) bond motifs is 1. The van der Waals surface area contributed by atoms with E-state index >= 15 is 0 Å². The molecule has 2 heterocycles. The Kier molecular flexibility index (Phi) is 4.25. The SMILES string of the molecule is CC1CN(C(=O)NC2Cc3ccccc3N(C)C2=O)CC1(C)CO. The number of hydrogen-bond acceptors (Lipinski definition) is 3. The van der Waals surface area contributed by atoms with Gasteiger partial charge < -0.3 is 20.2 Å². The number of nitrogens with one attached hydrogen (secondary N) is 1. The third-order valence-electron chi connectivity index (χ3n) is 5.59. The number of carbonyl (C=O) groups excluding carboxylic acids is 2. The van der Waals surface area contributed by atoms with E-state index in [9.17, 15) is 14.7 Å². The summed E-state index contributed by atoms with van der Waals surface area (Å²) in [5.41, 5.74) is 1.67. The van der Waals surface area contributed by atoms with Crippen LogP contribution in [0.3, 0.4) is 0 Å². The normalized spacial score (nSPS) is 29.6. The van der Waals surface area contributed by atoms with Crippen molar-refractivity contribution in [2.75, 3.05) is 31.6 Å². The molecule has 0 aromatic heterocycles. The average molecular weight is 331 g/mol. The molecule has 1 aromatic rings. The molecule has 0 saturated carbocycles. The number of anilines is 1. The van der Waals surface area contributed by atoms with E-state index in [0.29, 0.717) is 19.5 Å². The van der Waals surface area contributed by atoms with E-state index < -0.39 is 6.04 Å². The van der Waals surface area contributed by atoms with E-state index in [4.69, 9.17) is 0 Å². The molecule has 1 saturated heterocycles. The number of benzene rings is 1. The van der Waals surface area contributed by atoms with Gasteiger partial charge in [-0.25, -0.2) is 4.79 Å². The van der Waals surface area contributed by atoms with Gasteiger partial charge in [0, 0.05) is 37.7 Å². The second-order valence-electron chi connectivity index (χ2n) is 7.33. The minimum atomic E-state index is -0.548. The lowest BCUT2D eigenvalue weighted by Gasteiger charge is -2.33. The summed E-state index contributed by atoms with van der Waals surface area (Å²) in [6, 6.07) is 6.97. The smallest absolute Gasteiger partial charge is 0.318 e. The highest BCUT2D eigenvalue weighted by molar-refractivity contribution is 6.01. The fraction of sp³-hybridized carbons (Fsp3) is 0.556. The predicted octanol–water partition coefficient (Wildman–Crippen LogP) is 1.23. The van der Waals surface area contributed by atoms with Crippen LogP contribution in [-0.2, 0) is 11.2 Å². The van der Waals surface area contributed by atoms with E-state index in [1.165, 1.54) is 0 Å². The van der Waals surface area contributed by atoms with E-state index in [1.54, 1.807) is 16.8 Å². The molecule has 0 bridgehead atoms. The number of amides is 3. The van der Waals surface area contributed by atoms with Crippen LogP contribution in [0.15, 0.2) is 24.3 Å². The summed E-state index contributed by atoms with van der Waals surface area (Å²) in [5.74, 6) is 0.123.